The highest BCUT2D eigenvalue weighted by Crippen LogP contribution is 2.24. The zero-order chi connectivity index (χ0) is 10.1. The molecule has 0 saturated carbocycles. The van der Waals surface area contributed by atoms with Gasteiger partial charge in [0.2, 0.25) is 0 Å². The Kier molecular flexibility index (Phi) is 2.58. The maximum Gasteiger partial charge on any atom is 0.137 e. The summed E-state index contributed by atoms with van der Waals surface area (Å²) in [6, 6.07) is 8.98. The van der Waals surface area contributed by atoms with Crippen LogP contribution in [-0.2, 0) is 0 Å². The molecule has 1 nitrogen and oxygen atoms in total. The average molecular weight is 302 g/mol. The van der Waals surface area contributed by atoms with Gasteiger partial charge >= 0.3 is 0 Å². The van der Waals surface area contributed by atoms with Gasteiger partial charge in [0, 0.05) is 3.57 Å². The van der Waals surface area contributed by atoms with Crippen molar-refractivity contribution in [2.45, 2.75) is 0 Å². The zero-order valence-electron chi connectivity index (χ0n) is 7.55. The lowest BCUT2D eigenvalue weighted by molar-refractivity contribution is 0.415. The Morgan fingerprint density at radius 3 is 2.64 bits per heavy atom. The van der Waals surface area contributed by atoms with Gasteiger partial charge in [0.05, 0.1) is 7.11 Å². The molecule has 0 N–H and O–H groups in total. The highest BCUT2D eigenvalue weighted by molar-refractivity contribution is 14.1. The molecule has 0 bridgehead atoms. The van der Waals surface area contributed by atoms with Crippen LogP contribution in [0.1, 0.15) is 0 Å². The van der Waals surface area contributed by atoms with Gasteiger partial charge in [-0.2, -0.15) is 0 Å². The third-order valence-electron chi connectivity index (χ3n) is 2.09. The van der Waals surface area contributed by atoms with Crippen LogP contribution in [0.2, 0.25) is 0 Å². The van der Waals surface area contributed by atoms with Crippen LogP contribution in [0, 0.1) is 9.39 Å². The van der Waals surface area contributed by atoms with E-state index in [1.165, 1.54) is 6.07 Å². The van der Waals surface area contributed by atoms with Crippen molar-refractivity contribution in [3.8, 4) is 5.75 Å². The molecule has 2 aromatic rings. The van der Waals surface area contributed by atoms with Gasteiger partial charge in [-0.15, -0.1) is 0 Å². The molecule has 0 aliphatic rings. The molecule has 0 amide bonds. The predicted molar refractivity (Wildman–Crippen MR) is 63.2 cm³/mol. The molecule has 2 aromatic carbocycles. The highest BCUT2D eigenvalue weighted by Gasteiger charge is 2.02. The Morgan fingerprint density at radius 2 is 1.93 bits per heavy atom. The summed E-state index contributed by atoms with van der Waals surface area (Å²) in [5.41, 5.74) is 0. The molecule has 0 spiro atoms. The first kappa shape index (κ1) is 9.71. The van der Waals surface area contributed by atoms with Crippen LogP contribution in [0.25, 0.3) is 10.8 Å². The van der Waals surface area contributed by atoms with E-state index in [4.69, 9.17) is 4.74 Å². The molecular weight excluding hydrogens is 294 g/mol. The normalized spacial score (nSPS) is 10.5. The van der Waals surface area contributed by atoms with Crippen molar-refractivity contribution in [3.05, 3.63) is 39.7 Å². The third kappa shape index (κ3) is 1.68. The minimum atomic E-state index is -0.189. The molecule has 0 heterocycles. The molecule has 0 radical (unpaired) electrons. The Hall–Kier alpha value is -0.840. The SMILES string of the molecule is COc1ccc2cc(I)c(F)cc2c1. The molecular formula is C11H8FIO. The summed E-state index contributed by atoms with van der Waals surface area (Å²) in [7, 11) is 1.60. The molecule has 0 unspecified atom stereocenters. The molecule has 0 aliphatic carbocycles. The fourth-order valence-corrected chi connectivity index (χ4v) is 1.84. The first-order valence-electron chi connectivity index (χ1n) is 4.13. The number of fused-ring (bicyclic) bond motifs is 1. The van der Waals surface area contributed by atoms with E-state index in [9.17, 15) is 4.39 Å². The molecule has 0 aromatic heterocycles. The van der Waals surface area contributed by atoms with Crippen LogP contribution in [0.4, 0.5) is 4.39 Å². The first-order chi connectivity index (χ1) is 6.70. The molecule has 14 heavy (non-hydrogen) atoms. The van der Waals surface area contributed by atoms with Crippen LogP contribution >= 0.6 is 22.6 Å². The highest BCUT2D eigenvalue weighted by atomic mass is 127. The fraction of sp³-hybridized carbons (Fsp3) is 0.0909. The van der Waals surface area contributed by atoms with Gasteiger partial charge < -0.3 is 4.74 Å². The van der Waals surface area contributed by atoms with Crippen molar-refractivity contribution in [1.29, 1.82) is 0 Å². The maximum atomic E-state index is 13.2. The van der Waals surface area contributed by atoms with Crippen LogP contribution in [0.5, 0.6) is 5.75 Å². The van der Waals surface area contributed by atoms with E-state index in [0.717, 1.165) is 16.5 Å². The van der Waals surface area contributed by atoms with Crippen LogP contribution < -0.4 is 4.74 Å². The second kappa shape index (κ2) is 3.73. The predicted octanol–water partition coefficient (Wildman–Crippen LogP) is 3.59. The molecule has 72 valence electrons. The van der Waals surface area contributed by atoms with E-state index in [1.807, 2.05) is 46.9 Å². The largest absolute Gasteiger partial charge is 0.497 e. The van der Waals surface area contributed by atoms with Crippen molar-refractivity contribution in [2.75, 3.05) is 7.11 Å². The minimum absolute atomic E-state index is 0.189. The number of rotatable bonds is 1. The number of hydrogen-bond donors (Lipinski definition) is 0. The van der Waals surface area contributed by atoms with Gasteiger partial charge in [0.15, 0.2) is 0 Å². The van der Waals surface area contributed by atoms with Gasteiger partial charge in [0.25, 0.3) is 0 Å². The molecule has 0 saturated heterocycles. The van der Waals surface area contributed by atoms with Crippen molar-refractivity contribution in [1.82, 2.24) is 0 Å². The van der Waals surface area contributed by atoms with E-state index in [1.54, 1.807) is 7.11 Å². The van der Waals surface area contributed by atoms with E-state index < -0.39 is 0 Å². The standard InChI is InChI=1S/C11H8FIO/c1-14-9-3-2-7-6-11(13)10(12)5-8(7)4-9/h2-6H,1H3. The summed E-state index contributed by atoms with van der Waals surface area (Å²) in [6.45, 7) is 0. The Labute approximate surface area is 95.0 Å². The van der Waals surface area contributed by atoms with Gasteiger partial charge in [-0.25, -0.2) is 4.39 Å². The van der Waals surface area contributed by atoms with Crippen LogP contribution in [0.15, 0.2) is 30.3 Å². The second-order valence-electron chi connectivity index (χ2n) is 2.98. The quantitative estimate of drug-likeness (QED) is 0.732. The average Bonchev–Trinajstić information content (AvgIpc) is 2.19. The minimum Gasteiger partial charge on any atom is -0.497 e. The fourth-order valence-electron chi connectivity index (χ4n) is 1.35. The van der Waals surface area contributed by atoms with Crippen LogP contribution in [-0.4, -0.2) is 7.11 Å². The summed E-state index contributed by atoms with van der Waals surface area (Å²) in [4.78, 5) is 0. The van der Waals surface area contributed by atoms with E-state index in [2.05, 4.69) is 0 Å². The topological polar surface area (TPSA) is 9.23 Å². The second-order valence-corrected chi connectivity index (χ2v) is 4.14. The summed E-state index contributed by atoms with van der Waals surface area (Å²) in [6.07, 6.45) is 0. The van der Waals surface area contributed by atoms with Crippen molar-refractivity contribution in [2.24, 2.45) is 0 Å². The van der Waals surface area contributed by atoms with Crippen molar-refractivity contribution in [3.63, 3.8) is 0 Å². The van der Waals surface area contributed by atoms with Crippen LogP contribution in [0.3, 0.4) is 0 Å². The van der Waals surface area contributed by atoms with Gasteiger partial charge in [-0.05, 0) is 57.6 Å². The molecule has 2 rings (SSSR count). The molecule has 3 heteroatoms. The summed E-state index contributed by atoms with van der Waals surface area (Å²) < 4.78 is 18.9. The van der Waals surface area contributed by atoms with E-state index >= 15 is 0 Å². The zero-order valence-corrected chi connectivity index (χ0v) is 9.71. The van der Waals surface area contributed by atoms with Gasteiger partial charge in [-0.1, -0.05) is 6.07 Å². The smallest absolute Gasteiger partial charge is 0.137 e. The first-order valence-corrected chi connectivity index (χ1v) is 5.21. The lowest BCUT2D eigenvalue weighted by Crippen LogP contribution is -1.85. The molecule has 0 fully saturated rings. The number of ether oxygens (including phenoxy) is 1. The van der Waals surface area contributed by atoms with Gasteiger partial charge in [0.1, 0.15) is 11.6 Å². The van der Waals surface area contributed by atoms with Gasteiger partial charge in [-0.3, -0.25) is 0 Å². The Balaban J connectivity index is 2.70. The van der Waals surface area contributed by atoms with Crippen molar-refractivity contribution < 1.29 is 9.13 Å². The lowest BCUT2D eigenvalue weighted by atomic mass is 10.1. The monoisotopic (exact) mass is 302 g/mol. The van der Waals surface area contributed by atoms with E-state index in [0.29, 0.717) is 3.57 Å². The third-order valence-corrected chi connectivity index (χ3v) is 2.91. The lowest BCUT2D eigenvalue weighted by Gasteiger charge is -2.03. The van der Waals surface area contributed by atoms with E-state index in [-0.39, 0.29) is 5.82 Å². The maximum absolute atomic E-state index is 13.2. The Bertz CT molecular complexity index is 482. The number of benzene rings is 2. The molecule has 0 atom stereocenters. The summed E-state index contributed by atoms with van der Waals surface area (Å²) in [5.74, 6) is 0.560. The number of halogens is 2. The summed E-state index contributed by atoms with van der Waals surface area (Å²) >= 11 is 1.98. The molecule has 0 aliphatic heterocycles. The Morgan fingerprint density at radius 1 is 1.14 bits per heavy atom. The summed E-state index contributed by atoms with van der Waals surface area (Å²) in [5, 5.41) is 1.89. The van der Waals surface area contributed by atoms with Crippen molar-refractivity contribution >= 4 is 33.4 Å². The number of methoxy groups -OCH3 is 1. The number of hydrogen-bond acceptors (Lipinski definition) is 1.